The van der Waals surface area contributed by atoms with Gasteiger partial charge in [0.15, 0.2) is 12.7 Å². The average molecular weight is 566 g/mol. The SMILES string of the molecule is CCN(CC)S(=O)(=O)c1ccc(OCC(=O)N2CC(C(=O)NCCc3ccccc3)Oc3ccccc32)c(C)c1. The van der Waals surface area contributed by atoms with Gasteiger partial charge in [-0.2, -0.15) is 4.31 Å². The summed E-state index contributed by atoms with van der Waals surface area (Å²) < 4.78 is 38.8. The van der Waals surface area contributed by atoms with Gasteiger partial charge in [0.1, 0.15) is 11.5 Å². The Morgan fingerprint density at radius 3 is 2.42 bits per heavy atom. The normalized spacial score (nSPS) is 14.8. The number of carbonyl (C=O) groups is 2. The van der Waals surface area contributed by atoms with Crippen LogP contribution in [0.3, 0.4) is 0 Å². The van der Waals surface area contributed by atoms with Crippen molar-refractivity contribution in [1.82, 2.24) is 9.62 Å². The van der Waals surface area contributed by atoms with Crippen LogP contribution in [-0.4, -0.2) is 63.4 Å². The summed E-state index contributed by atoms with van der Waals surface area (Å²) in [5.41, 5.74) is 2.27. The van der Waals surface area contributed by atoms with Crippen LogP contribution in [0.4, 0.5) is 5.69 Å². The van der Waals surface area contributed by atoms with Crippen LogP contribution >= 0.6 is 0 Å². The third-order valence-electron chi connectivity index (χ3n) is 6.76. The summed E-state index contributed by atoms with van der Waals surface area (Å²) in [7, 11) is -3.61. The maximum Gasteiger partial charge on any atom is 0.265 e. The van der Waals surface area contributed by atoms with Gasteiger partial charge < -0.3 is 19.7 Å². The fourth-order valence-corrected chi connectivity index (χ4v) is 6.11. The quantitative estimate of drug-likeness (QED) is 0.381. The standard InChI is InChI=1S/C30H35N3O6S/c1-4-32(5-2)40(36,37)24-15-16-26(22(3)19-24)38-21-29(34)33-20-28(39-27-14-10-9-13-25(27)33)30(35)31-18-17-23-11-7-6-8-12-23/h6-16,19,28H,4-5,17-18,20-21H2,1-3H3,(H,31,35). The van der Waals surface area contributed by atoms with Gasteiger partial charge in [0.25, 0.3) is 11.8 Å². The number of rotatable bonds is 11. The number of anilines is 1. The summed E-state index contributed by atoms with van der Waals surface area (Å²) in [6.45, 7) is 6.26. The topological polar surface area (TPSA) is 105 Å². The van der Waals surface area contributed by atoms with Crippen molar-refractivity contribution in [3.05, 3.63) is 83.9 Å². The highest BCUT2D eigenvalue weighted by atomic mass is 32.2. The minimum Gasteiger partial charge on any atom is -0.483 e. The average Bonchev–Trinajstić information content (AvgIpc) is 2.96. The summed E-state index contributed by atoms with van der Waals surface area (Å²) in [6.07, 6.45) is -0.193. The van der Waals surface area contributed by atoms with Crippen LogP contribution in [0.15, 0.2) is 77.7 Å². The van der Waals surface area contributed by atoms with Crippen LogP contribution in [0, 0.1) is 6.92 Å². The molecule has 10 heteroatoms. The van der Waals surface area contributed by atoms with Gasteiger partial charge in [0.05, 0.1) is 17.1 Å². The Bertz CT molecular complexity index is 1440. The minimum atomic E-state index is -3.61. The van der Waals surface area contributed by atoms with Gasteiger partial charge in [-0.05, 0) is 54.8 Å². The molecule has 2 amide bonds. The minimum absolute atomic E-state index is 0.0381. The Balaban J connectivity index is 1.42. The number of carbonyl (C=O) groups excluding carboxylic acids is 2. The lowest BCUT2D eigenvalue weighted by Gasteiger charge is -2.34. The van der Waals surface area contributed by atoms with Gasteiger partial charge in [-0.3, -0.25) is 9.59 Å². The molecule has 0 aromatic heterocycles. The molecule has 3 aromatic carbocycles. The third-order valence-corrected chi connectivity index (χ3v) is 8.81. The van der Waals surface area contributed by atoms with E-state index in [2.05, 4.69) is 5.32 Å². The van der Waals surface area contributed by atoms with Crippen molar-refractivity contribution in [2.24, 2.45) is 0 Å². The van der Waals surface area contributed by atoms with Crippen molar-refractivity contribution < 1.29 is 27.5 Å². The Labute approximate surface area is 235 Å². The summed E-state index contributed by atoms with van der Waals surface area (Å²) >= 11 is 0. The Hall–Kier alpha value is -3.89. The van der Waals surface area contributed by atoms with Crippen molar-refractivity contribution in [3.63, 3.8) is 0 Å². The van der Waals surface area contributed by atoms with Crippen molar-refractivity contribution in [1.29, 1.82) is 0 Å². The molecule has 1 unspecified atom stereocenters. The van der Waals surface area contributed by atoms with E-state index in [-0.39, 0.29) is 29.9 Å². The maximum absolute atomic E-state index is 13.3. The molecule has 1 heterocycles. The Kier molecular flexibility index (Phi) is 9.44. The molecule has 1 N–H and O–H groups in total. The lowest BCUT2D eigenvalue weighted by Crippen LogP contribution is -2.52. The van der Waals surface area contributed by atoms with E-state index in [0.717, 1.165) is 5.56 Å². The molecule has 0 fully saturated rings. The summed E-state index contributed by atoms with van der Waals surface area (Å²) in [5.74, 6) is 0.193. The number of nitrogens with zero attached hydrogens (tertiary/aromatic N) is 2. The van der Waals surface area contributed by atoms with E-state index in [9.17, 15) is 18.0 Å². The van der Waals surface area contributed by atoms with Crippen LogP contribution in [0.5, 0.6) is 11.5 Å². The fourth-order valence-electron chi connectivity index (χ4n) is 4.57. The van der Waals surface area contributed by atoms with E-state index < -0.39 is 16.1 Å². The number of amides is 2. The molecule has 0 saturated carbocycles. The van der Waals surface area contributed by atoms with E-state index in [0.29, 0.717) is 48.8 Å². The number of ether oxygens (including phenoxy) is 2. The zero-order valence-electron chi connectivity index (χ0n) is 23.0. The molecule has 1 aliphatic heterocycles. The van der Waals surface area contributed by atoms with E-state index >= 15 is 0 Å². The third kappa shape index (κ3) is 6.63. The highest BCUT2D eigenvalue weighted by Crippen LogP contribution is 2.33. The smallest absolute Gasteiger partial charge is 0.265 e. The molecule has 9 nitrogen and oxygen atoms in total. The number of para-hydroxylation sites is 2. The lowest BCUT2D eigenvalue weighted by molar-refractivity contribution is -0.128. The highest BCUT2D eigenvalue weighted by molar-refractivity contribution is 7.89. The largest absolute Gasteiger partial charge is 0.483 e. The van der Waals surface area contributed by atoms with E-state index in [4.69, 9.17) is 9.47 Å². The maximum atomic E-state index is 13.3. The number of aryl methyl sites for hydroxylation is 1. The predicted octanol–water partition coefficient (Wildman–Crippen LogP) is 3.56. The van der Waals surface area contributed by atoms with Gasteiger partial charge in [-0.1, -0.05) is 56.3 Å². The highest BCUT2D eigenvalue weighted by Gasteiger charge is 2.34. The van der Waals surface area contributed by atoms with Gasteiger partial charge >= 0.3 is 0 Å². The first-order valence-corrected chi connectivity index (χ1v) is 14.8. The van der Waals surface area contributed by atoms with Crippen molar-refractivity contribution in [2.45, 2.75) is 38.2 Å². The molecule has 212 valence electrons. The van der Waals surface area contributed by atoms with Crippen LogP contribution in [0.25, 0.3) is 0 Å². The first-order valence-electron chi connectivity index (χ1n) is 13.4. The molecule has 3 aromatic rings. The first-order chi connectivity index (χ1) is 19.2. The van der Waals surface area contributed by atoms with E-state index in [1.165, 1.54) is 15.3 Å². The van der Waals surface area contributed by atoms with E-state index in [1.807, 2.05) is 30.3 Å². The number of hydrogen-bond acceptors (Lipinski definition) is 6. The second-order valence-corrected chi connectivity index (χ2v) is 11.3. The molecule has 0 saturated heterocycles. The zero-order valence-corrected chi connectivity index (χ0v) is 23.8. The monoisotopic (exact) mass is 565 g/mol. The van der Waals surface area contributed by atoms with Crippen molar-refractivity contribution in [2.75, 3.05) is 37.7 Å². The number of hydrogen-bond donors (Lipinski definition) is 1. The second kappa shape index (κ2) is 13.0. The summed E-state index contributed by atoms with van der Waals surface area (Å²) in [6, 6.07) is 21.5. The Morgan fingerprint density at radius 1 is 1.02 bits per heavy atom. The predicted molar refractivity (Wildman–Crippen MR) is 153 cm³/mol. The molecular weight excluding hydrogens is 530 g/mol. The van der Waals surface area contributed by atoms with Crippen molar-refractivity contribution >= 4 is 27.5 Å². The summed E-state index contributed by atoms with van der Waals surface area (Å²) in [5, 5.41) is 2.90. The van der Waals surface area contributed by atoms with Gasteiger partial charge in [-0.15, -0.1) is 0 Å². The summed E-state index contributed by atoms with van der Waals surface area (Å²) in [4.78, 5) is 27.9. The molecule has 1 aliphatic rings. The molecular formula is C30H35N3O6S. The van der Waals surface area contributed by atoms with Gasteiger partial charge in [-0.25, -0.2) is 8.42 Å². The molecule has 4 rings (SSSR count). The van der Waals surface area contributed by atoms with Crippen molar-refractivity contribution in [3.8, 4) is 11.5 Å². The van der Waals surface area contributed by atoms with Crippen LogP contribution in [0.2, 0.25) is 0 Å². The first kappa shape index (κ1) is 29.1. The lowest BCUT2D eigenvalue weighted by atomic mass is 10.1. The number of benzene rings is 3. The zero-order chi connectivity index (χ0) is 28.7. The van der Waals surface area contributed by atoms with Crippen LogP contribution < -0.4 is 19.7 Å². The second-order valence-electron chi connectivity index (χ2n) is 9.41. The molecule has 0 spiro atoms. The van der Waals surface area contributed by atoms with Crippen LogP contribution in [-0.2, 0) is 26.0 Å². The van der Waals surface area contributed by atoms with Crippen LogP contribution in [0.1, 0.15) is 25.0 Å². The number of fused-ring (bicyclic) bond motifs is 1. The fraction of sp³-hybridized carbons (Fsp3) is 0.333. The Morgan fingerprint density at radius 2 is 1.73 bits per heavy atom. The molecule has 1 atom stereocenters. The molecule has 0 radical (unpaired) electrons. The van der Waals surface area contributed by atoms with Gasteiger partial charge in [0, 0.05) is 19.6 Å². The molecule has 0 aliphatic carbocycles. The van der Waals surface area contributed by atoms with E-state index in [1.54, 1.807) is 57.2 Å². The van der Waals surface area contributed by atoms with Gasteiger partial charge in [0.2, 0.25) is 10.0 Å². The number of nitrogens with one attached hydrogen (secondary N) is 1. The molecule has 40 heavy (non-hydrogen) atoms. The number of sulfonamides is 1. The molecule has 0 bridgehead atoms.